The van der Waals surface area contributed by atoms with E-state index in [1.807, 2.05) is 19.3 Å². The minimum Gasteiger partial charge on any atom is -0.380 e. The molecule has 0 radical (unpaired) electrons. The number of fused-ring (bicyclic) bond motifs is 1. The van der Waals surface area contributed by atoms with Crippen molar-refractivity contribution in [3.63, 3.8) is 0 Å². The van der Waals surface area contributed by atoms with Crippen LogP contribution in [0.5, 0.6) is 0 Å². The van der Waals surface area contributed by atoms with E-state index in [1.165, 1.54) is 12.3 Å². The van der Waals surface area contributed by atoms with Gasteiger partial charge in [0.05, 0.1) is 25.1 Å². The highest BCUT2D eigenvalue weighted by Gasteiger charge is 2.24. The second kappa shape index (κ2) is 5.74. The lowest BCUT2D eigenvalue weighted by Gasteiger charge is -2.24. The second-order valence-corrected chi connectivity index (χ2v) is 6.51. The first-order chi connectivity index (χ1) is 12.7. The largest absolute Gasteiger partial charge is 0.380 e. The summed E-state index contributed by atoms with van der Waals surface area (Å²) in [6.45, 7) is 1.47. The molecule has 0 aliphatic carbocycles. The zero-order valence-corrected chi connectivity index (χ0v) is 14.1. The van der Waals surface area contributed by atoms with Gasteiger partial charge in [0.25, 0.3) is 0 Å². The fourth-order valence-electron chi connectivity index (χ4n) is 3.31. The zero-order valence-electron chi connectivity index (χ0n) is 14.1. The van der Waals surface area contributed by atoms with Gasteiger partial charge in [-0.1, -0.05) is 0 Å². The van der Waals surface area contributed by atoms with Gasteiger partial charge in [-0.05, 0) is 29.8 Å². The van der Waals surface area contributed by atoms with Gasteiger partial charge < -0.3 is 9.72 Å². The monoisotopic (exact) mass is 349 g/mol. The van der Waals surface area contributed by atoms with Crippen molar-refractivity contribution in [3.8, 4) is 22.5 Å². The van der Waals surface area contributed by atoms with Crippen LogP contribution in [0.3, 0.4) is 0 Å². The van der Waals surface area contributed by atoms with Crippen LogP contribution in [-0.2, 0) is 11.8 Å². The molecular weight excluding hydrogens is 333 g/mol. The number of hydrogen-bond donors (Lipinski definition) is 1. The number of aromatic amines is 1. The van der Waals surface area contributed by atoms with Crippen molar-refractivity contribution >= 4 is 11.0 Å². The van der Waals surface area contributed by atoms with E-state index in [1.54, 1.807) is 16.9 Å². The lowest BCUT2D eigenvalue weighted by Crippen LogP contribution is -2.25. The Bertz CT molecular complexity index is 1100. The number of hydrogen-bond acceptors (Lipinski definition) is 4. The minimum atomic E-state index is -0.365. The molecule has 1 saturated heterocycles. The summed E-state index contributed by atoms with van der Waals surface area (Å²) in [5, 5.41) is 5.58. The molecule has 0 aromatic carbocycles. The highest BCUT2D eigenvalue weighted by molar-refractivity contribution is 5.97. The Labute approximate surface area is 148 Å². The third kappa shape index (κ3) is 2.40. The van der Waals surface area contributed by atoms with Gasteiger partial charge in [-0.25, -0.2) is 9.37 Å². The number of nitrogens with zero attached hydrogens (tertiary/aromatic N) is 4. The molecule has 26 heavy (non-hydrogen) atoms. The molecule has 0 saturated carbocycles. The van der Waals surface area contributed by atoms with Gasteiger partial charge in [0.2, 0.25) is 0 Å². The van der Waals surface area contributed by atoms with E-state index >= 15 is 0 Å². The molecule has 1 N–H and O–H groups in total. The van der Waals surface area contributed by atoms with Crippen molar-refractivity contribution in [1.29, 1.82) is 0 Å². The number of rotatable bonds is 3. The van der Waals surface area contributed by atoms with Gasteiger partial charge in [-0.3, -0.25) is 9.67 Å². The number of ether oxygens (including phenoxy) is 1. The van der Waals surface area contributed by atoms with Crippen LogP contribution in [0, 0.1) is 5.82 Å². The van der Waals surface area contributed by atoms with Crippen molar-refractivity contribution in [1.82, 2.24) is 24.7 Å². The van der Waals surface area contributed by atoms with Gasteiger partial charge in [0.15, 0.2) is 0 Å². The Morgan fingerprint density at radius 3 is 2.81 bits per heavy atom. The lowest BCUT2D eigenvalue weighted by molar-refractivity contribution is 0.00700. The summed E-state index contributed by atoms with van der Waals surface area (Å²) in [6, 6.07) is 7.16. The Kier molecular flexibility index (Phi) is 3.36. The fourth-order valence-corrected chi connectivity index (χ4v) is 3.31. The van der Waals surface area contributed by atoms with Crippen molar-refractivity contribution in [2.45, 2.75) is 5.92 Å². The van der Waals surface area contributed by atoms with Gasteiger partial charge in [-0.15, -0.1) is 0 Å². The van der Waals surface area contributed by atoms with E-state index in [0.29, 0.717) is 11.6 Å². The van der Waals surface area contributed by atoms with Crippen molar-refractivity contribution in [2.24, 2.45) is 7.05 Å². The summed E-state index contributed by atoms with van der Waals surface area (Å²) in [6.07, 6.45) is 4.94. The molecular formula is C19H16FN5O. The molecule has 1 fully saturated rings. The van der Waals surface area contributed by atoms with Crippen LogP contribution < -0.4 is 0 Å². The number of aromatic nitrogens is 5. The van der Waals surface area contributed by atoms with E-state index in [2.05, 4.69) is 26.1 Å². The Hall–Kier alpha value is -3.06. The van der Waals surface area contributed by atoms with Crippen LogP contribution in [0.4, 0.5) is 4.39 Å². The number of halogens is 1. The average molecular weight is 349 g/mol. The molecule has 0 amide bonds. The second-order valence-electron chi connectivity index (χ2n) is 6.51. The number of H-pyrrole nitrogens is 1. The molecule has 0 atom stereocenters. The molecule has 0 spiro atoms. The highest BCUT2D eigenvalue weighted by atomic mass is 19.1. The standard InChI is InChI=1S/C19H16FN5O/c1-25-8-15(18(24-25)16-3-2-12(20)7-22-16)13-4-5-21-19-14(13)6-17(23-19)11-9-26-10-11/h2-8,11H,9-10H2,1H3,(H,21,23). The van der Waals surface area contributed by atoms with Gasteiger partial charge in [0, 0.05) is 42.0 Å². The van der Waals surface area contributed by atoms with Crippen LogP contribution >= 0.6 is 0 Å². The molecule has 6 nitrogen and oxygen atoms in total. The summed E-state index contributed by atoms with van der Waals surface area (Å²) in [4.78, 5) is 12.1. The molecule has 5 heterocycles. The van der Waals surface area contributed by atoms with E-state index in [-0.39, 0.29) is 5.82 Å². The molecule has 1 aliphatic rings. The quantitative estimate of drug-likeness (QED) is 0.616. The third-order valence-corrected chi connectivity index (χ3v) is 4.72. The normalized spacial score (nSPS) is 14.7. The SMILES string of the molecule is Cn1cc(-c2ccnc3[nH]c(C4COC4)cc23)c(-c2ccc(F)cn2)n1. The predicted molar refractivity (Wildman–Crippen MR) is 95.0 cm³/mol. The summed E-state index contributed by atoms with van der Waals surface area (Å²) >= 11 is 0. The molecule has 0 unspecified atom stereocenters. The predicted octanol–water partition coefficient (Wildman–Crippen LogP) is 3.28. The van der Waals surface area contributed by atoms with E-state index in [4.69, 9.17) is 4.74 Å². The first-order valence-corrected chi connectivity index (χ1v) is 8.40. The first-order valence-electron chi connectivity index (χ1n) is 8.40. The maximum Gasteiger partial charge on any atom is 0.141 e. The molecule has 0 bridgehead atoms. The van der Waals surface area contributed by atoms with Crippen molar-refractivity contribution in [2.75, 3.05) is 13.2 Å². The molecule has 1 aliphatic heterocycles. The van der Waals surface area contributed by atoms with Crippen LogP contribution in [0.15, 0.2) is 42.9 Å². The Balaban J connectivity index is 1.68. The third-order valence-electron chi connectivity index (χ3n) is 4.72. The van der Waals surface area contributed by atoms with E-state index < -0.39 is 0 Å². The minimum absolute atomic E-state index is 0.365. The number of aryl methyl sites for hydroxylation is 1. The van der Waals surface area contributed by atoms with Crippen LogP contribution in [0.1, 0.15) is 11.6 Å². The summed E-state index contributed by atoms with van der Waals surface area (Å²) in [7, 11) is 1.86. The average Bonchev–Trinajstić information content (AvgIpc) is 3.17. The molecule has 4 aromatic rings. The Morgan fingerprint density at radius 1 is 1.19 bits per heavy atom. The summed E-state index contributed by atoms with van der Waals surface area (Å²) in [5.41, 5.74) is 5.29. The lowest BCUT2D eigenvalue weighted by atomic mass is 10.0. The molecule has 5 rings (SSSR count). The number of pyridine rings is 2. The fraction of sp³-hybridized carbons (Fsp3) is 0.211. The van der Waals surface area contributed by atoms with Crippen LogP contribution in [-0.4, -0.2) is 37.9 Å². The van der Waals surface area contributed by atoms with Gasteiger partial charge >= 0.3 is 0 Å². The first kappa shape index (κ1) is 15.2. The van der Waals surface area contributed by atoms with Crippen LogP contribution in [0.2, 0.25) is 0 Å². The highest BCUT2D eigenvalue weighted by Crippen LogP contribution is 2.36. The smallest absolute Gasteiger partial charge is 0.141 e. The molecule has 4 aromatic heterocycles. The van der Waals surface area contributed by atoms with E-state index in [9.17, 15) is 4.39 Å². The summed E-state index contributed by atoms with van der Waals surface area (Å²) < 4.78 is 20.3. The van der Waals surface area contributed by atoms with Crippen LogP contribution in [0.25, 0.3) is 33.5 Å². The van der Waals surface area contributed by atoms with Crippen molar-refractivity contribution in [3.05, 3.63) is 54.4 Å². The van der Waals surface area contributed by atoms with Gasteiger partial charge in [0.1, 0.15) is 17.2 Å². The zero-order chi connectivity index (χ0) is 17.7. The maximum atomic E-state index is 13.2. The number of nitrogens with one attached hydrogen (secondary N) is 1. The van der Waals surface area contributed by atoms with Gasteiger partial charge in [-0.2, -0.15) is 5.10 Å². The Morgan fingerprint density at radius 2 is 2.08 bits per heavy atom. The summed E-state index contributed by atoms with van der Waals surface area (Å²) in [5.74, 6) is 0.0275. The molecule has 130 valence electrons. The molecule has 7 heteroatoms. The topological polar surface area (TPSA) is 68.6 Å². The van der Waals surface area contributed by atoms with E-state index in [0.717, 1.165) is 46.8 Å². The van der Waals surface area contributed by atoms with Crippen molar-refractivity contribution < 1.29 is 9.13 Å². The maximum absolute atomic E-state index is 13.2.